The van der Waals surface area contributed by atoms with Crippen LogP contribution >= 0.6 is 0 Å². The molecule has 2 aromatic heterocycles. The van der Waals surface area contributed by atoms with Gasteiger partial charge in [0, 0.05) is 12.6 Å². The number of fused-ring (bicyclic) bond motifs is 3. The number of benzene rings is 2. The molecule has 4 aromatic rings. The first-order valence-corrected chi connectivity index (χ1v) is 8.97. The summed E-state index contributed by atoms with van der Waals surface area (Å²) in [6.45, 7) is 1.82. The van der Waals surface area contributed by atoms with Gasteiger partial charge in [0.25, 0.3) is 5.56 Å². The number of anilines is 1. The summed E-state index contributed by atoms with van der Waals surface area (Å²) in [4.78, 5) is 22.3. The van der Waals surface area contributed by atoms with Crippen LogP contribution in [-0.2, 0) is 7.05 Å². The number of aromatic nitrogens is 4. The second-order valence-corrected chi connectivity index (χ2v) is 6.79. The fourth-order valence-electron chi connectivity index (χ4n) is 3.88. The summed E-state index contributed by atoms with van der Waals surface area (Å²) in [5.41, 5.74) is 9.91. The third kappa shape index (κ3) is 2.21. The van der Waals surface area contributed by atoms with Gasteiger partial charge in [-0.1, -0.05) is 30.3 Å². The van der Waals surface area contributed by atoms with Crippen LogP contribution in [0.1, 0.15) is 17.4 Å². The average molecular weight is 373 g/mol. The van der Waals surface area contributed by atoms with Crippen molar-refractivity contribution in [3.8, 4) is 5.69 Å². The second kappa shape index (κ2) is 5.85. The van der Waals surface area contributed by atoms with Crippen LogP contribution in [0.25, 0.3) is 16.7 Å². The maximum atomic E-state index is 13.1. The van der Waals surface area contributed by atoms with Crippen LogP contribution < -0.4 is 16.6 Å². The minimum Gasteiger partial charge on any atom is -0.370 e. The fraction of sp³-hybridized carbons (Fsp3) is 0.150. The van der Waals surface area contributed by atoms with Crippen LogP contribution in [0.2, 0.25) is 0 Å². The Balaban J connectivity index is 1.79. The Morgan fingerprint density at radius 1 is 1.07 bits per heavy atom. The lowest BCUT2D eigenvalue weighted by Crippen LogP contribution is -2.32. The van der Waals surface area contributed by atoms with E-state index in [0.29, 0.717) is 11.5 Å². The lowest BCUT2D eigenvalue weighted by Gasteiger charge is -2.24. The molecule has 1 atom stereocenters. The molecule has 0 bridgehead atoms. The van der Waals surface area contributed by atoms with E-state index in [0.717, 1.165) is 22.4 Å². The van der Waals surface area contributed by atoms with E-state index in [-0.39, 0.29) is 11.5 Å². The molecular weight excluding hydrogens is 354 g/mol. The van der Waals surface area contributed by atoms with Gasteiger partial charge in [-0.3, -0.25) is 19.4 Å². The third-order valence-electron chi connectivity index (χ3n) is 5.13. The van der Waals surface area contributed by atoms with Gasteiger partial charge in [0.15, 0.2) is 12.1 Å². The Kier molecular flexibility index (Phi) is 3.42. The maximum Gasteiger partial charge on any atom is 0.274 e. The highest BCUT2D eigenvalue weighted by Crippen LogP contribution is 2.33. The number of guanidine groups is 1. The molecular formula is C20H19N7O. The van der Waals surface area contributed by atoms with Crippen LogP contribution in [0.5, 0.6) is 0 Å². The first kappa shape index (κ1) is 16.4. The minimum absolute atomic E-state index is 0.0815. The van der Waals surface area contributed by atoms with Gasteiger partial charge in [-0.25, -0.2) is 14.7 Å². The first-order chi connectivity index (χ1) is 13.6. The number of aliphatic imine (C=N–C) groups is 1. The van der Waals surface area contributed by atoms with Crippen LogP contribution in [0.15, 0.2) is 64.4 Å². The van der Waals surface area contributed by atoms with Crippen molar-refractivity contribution in [2.45, 2.75) is 13.1 Å². The fourth-order valence-corrected chi connectivity index (χ4v) is 3.88. The molecule has 28 heavy (non-hydrogen) atoms. The summed E-state index contributed by atoms with van der Waals surface area (Å²) in [6, 6.07) is 17.4. The van der Waals surface area contributed by atoms with E-state index < -0.39 is 6.17 Å². The predicted molar refractivity (Wildman–Crippen MR) is 109 cm³/mol. The maximum absolute atomic E-state index is 13.1. The van der Waals surface area contributed by atoms with E-state index in [9.17, 15) is 4.79 Å². The highest BCUT2D eigenvalue weighted by Gasteiger charge is 2.30. The average Bonchev–Trinajstić information content (AvgIpc) is 3.16. The summed E-state index contributed by atoms with van der Waals surface area (Å²) < 4.78 is 5.47. The van der Waals surface area contributed by atoms with Crippen LogP contribution in [0.3, 0.4) is 0 Å². The molecule has 0 spiro atoms. The zero-order chi connectivity index (χ0) is 19.4. The highest BCUT2D eigenvalue weighted by molar-refractivity contribution is 5.94. The number of para-hydroxylation sites is 3. The smallest absolute Gasteiger partial charge is 0.274 e. The Hall–Kier alpha value is -3.81. The molecule has 0 saturated heterocycles. The van der Waals surface area contributed by atoms with Crippen LogP contribution in [0.4, 0.5) is 5.95 Å². The van der Waals surface area contributed by atoms with Crippen LogP contribution in [0, 0.1) is 6.92 Å². The van der Waals surface area contributed by atoms with E-state index in [4.69, 9.17) is 5.73 Å². The summed E-state index contributed by atoms with van der Waals surface area (Å²) in [5, 5.41) is 3.03. The van der Waals surface area contributed by atoms with Gasteiger partial charge >= 0.3 is 0 Å². The van der Waals surface area contributed by atoms with Crippen molar-refractivity contribution in [3.63, 3.8) is 0 Å². The van der Waals surface area contributed by atoms with Crippen LogP contribution in [-0.4, -0.2) is 24.9 Å². The molecule has 3 heterocycles. The lowest BCUT2D eigenvalue weighted by atomic mass is 10.2. The van der Waals surface area contributed by atoms with Crippen molar-refractivity contribution >= 4 is 22.9 Å². The van der Waals surface area contributed by atoms with Gasteiger partial charge in [-0.15, -0.1) is 0 Å². The zero-order valence-electron chi connectivity index (χ0n) is 15.5. The SMILES string of the molecule is Cc1c(C2N=C(N)Nc3nc4ccccc4n32)n(C)n(-c2ccccc2)c1=O. The third-order valence-corrected chi connectivity index (χ3v) is 5.13. The number of rotatable bonds is 2. The molecule has 1 aliphatic rings. The number of imidazole rings is 1. The number of hydrogen-bond acceptors (Lipinski definition) is 5. The molecule has 0 saturated carbocycles. The minimum atomic E-state index is -0.494. The molecule has 0 radical (unpaired) electrons. The van der Waals surface area contributed by atoms with Crippen molar-refractivity contribution in [2.75, 3.05) is 5.32 Å². The summed E-state index contributed by atoms with van der Waals surface area (Å²) in [5.74, 6) is 0.880. The van der Waals surface area contributed by atoms with E-state index >= 15 is 0 Å². The molecule has 1 aliphatic heterocycles. The first-order valence-electron chi connectivity index (χ1n) is 8.97. The molecule has 140 valence electrons. The van der Waals surface area contributed by atoms with Gasteiger partial charge in [-0.05, 0) is 31.2 Å². The van der Waals surface area contributed by atoms with Crippen molar-refractivity contribution in [1.29, 1.82) is 0 Å². The summed E-state index contributed by atoms with van der Waals surface area (Å²) in [7, 11) is 1.86. The molecule has 2 aromatic carbocycles. The largest absolute Gasteiger partial charge is 0.370 e. The van der Waals surface area contributed by atoms with Gasteiger partial charge in [0.05, 0.1) is 22.4 Å². The van der Waals surface area contributed by atoms with Crippen molar-refractivity contribution in [1.82, 2.24) is 18.9 Å². The Morgan fingerprint density at radius 2 is 1.79 bits per heavy atom. The molecule has 0 aliphatic carbocycles. The topological polar surface area (TPSA) is 95.2 Å². The number of nitrogens with zero attached hydrogens (tertiary/aromatic N) is 5. The summed E-state index contributed by atoms with van der Waals surface area (Å²) in [6.07, 6.45) is -0.494. The van der Waals surface area contributed by atoms with E-state index in [2.05, 4.69) is 15.3 Å². The second-order valence-electron chi connectivity index (χ2n) is 6.79. The number of nitrogens with one attached hydrogen (secondary N) is 1. The predicted octanol–water partition coefficient (Wildman–Crippen LogP) is 2.12. The monoisotopic (exact) mass is 373 g/mol. The zero-order valence-corrected chi connectivity index (χ0v) is 15.5. The van der Waals surface area contributed by atoms with Crippen molar-refractivity contribution in [2.24, 2.45) is 17.8 Å². The molecule has 0 amide bonds. The molecule has 1 unspecified atom stereocenters. The van der Waals surface area contributed by atoms with E-state index in [1.54, 1.807) is 4.68 Å². The van der Waals surface area contributed by atoms with Gasteiger partial charge in [0.1, 0.15) is 0 Å². The Labute approximate surface area is 160 Å². The quantitative estimate of drug-likeness (QED) is 0.563. The Morgan fingerprint density at radius 3 is 2.57 bits per heavy atom. The Bertz CT molecular complexity index is 1290. The summed E-state index contributed by atoms with van der Waals surface area (Å²) >= 11 is 0. The highest BCUT2D eigenvalue weighted by atomic mass is 16.1. The van der Waals surface area contributed by atoms with Gasteiger partial charge in [-0.2, -0.15) is 0 Å². The van der Waals surface area contributed by atoms with Crippen molar-refractivity contribution in [3.05, 3.63) is 76.2 Å². The molecule has 0 fully saturated rings. The van der Waals surface area contributed by atoms with E-state index in [1.165, 1.54) is 0 Å². The van der Waals surface area contributed by atoms with Crippen molar-refractivity contribution < 1.29 is 0 Å². The molecule has 3 N–H and O–H groups in total. The van der Waals surface area contributed by atoms with Gasteiger partial charge in [0.2, 0.25) is 5.95 Å². The molecule has 8 nitrogen and oxygen atoms in total. The molecule has 8 heteroatoms. The molecule has 5 rings (SSSR count). The standard InChI is InChI=1S/C20H19N7O/c1-12-16(25(2)27(18(12)28)13-8-4-3-5-9-13)17-23-19(21)24-20-22-14-10-6-7-11-15(14)26(17)20/h3-11,17H,1-2H3,(H3,21,22,23,24). The number of nitrogens with two attached hydrogens (primary N) is 1. The van der Waals surface area contributed by atoms with Gasteiger partial charge < -0.3 is 5.73 Å². The number of hydrogen-bond donors (Lipinski definition) is 2. The normalized spacial score (nSPS) is 15.9. The lowest BCUT2D eigenvalue weighted by molar-refractivity contribution is 0.532. The van der Waals surface area contributed by atoms with E-state index in [1.807, 2.05) is 77.8 Å².